The molecule has 2 aliphatic carbocycles. The van der Waals surface area contributed by atoms with Crippen molar-refractivity contribution in [1.29, 1.82) is 0 Å². The van der Waals surface area contributed by atoms with Crippen molar-refractivity contribution in [3.05, 3.63) is 0 Å². The molecule has 3 nitrogen and oxygen atoms in total. The van der Waals surface area contributed by atoms with Crippen LogP contribution in [0.3, 0.4) is 0 Å². The summed E-state index contributed by atoms with van der Waals surface area (Å²) in [5.41, 5.74) is 0. The fourth-order valence-electron chi connectivity index (χ4n) is 1.93. The maximum atomic E-state index is 11.6. The summed E-state index contributed by atoms with van der Waals surface area (Å²) in [6, 6.07) is 0.501. The van der Waals surface area contributed by atoms with Crippen LogP contribution >= 0.6 is 0 Å². The maximum absolute atomic E-state index is 11.6. The highest BCUT2D eigenvalue weighted by atomic mass is 32.2. The van der Waals surface area contributed by atoms with E-state index in [9.17, 15) is 8.42 Å². The highest BCUT2D eigenvalue weighted by Gasteiger charge is 2.29. The van der Waals surface area contributed by atoms with Gasteiger partial charge in [0.25, 0.3) is 0 Å². The Morgan fingerprint density at radius 1 is 1.27 bits per heavy atom. The van der Waals surface area contributed by atoms with Crippen LogP contribution in [0.2, 0.25) is 0 Å². The van der Waals surface area contributed by atoms with Crippen molar-refractivity contribution in [2.24, 2.45) is 11.8 Å². The molecule has 0 aromatic rings. The zero-order valence-electron chi connectivity index (χ0n) is 9.41. The molecular weight excluding hydrogens is 210 g/mol. The van der Waals surface area contributed by atoms with Crippen molar-refractivity contribution in [2.45, 2.75) is 38.6 Å². The summed E-state index contributed by atoms with van der Waals surface area (Å²) >= 11 is 0. The van der Waals surface area contributed by atoms with Crippen LogP contribution in [0.5, 0.6) is 0 Å². The van der Waals surface area contributed by atoms with Crippen LogP contribution in [0.25, 0.3) is 0 Å². The van der Waals surface area contributed by atoms with Gasteiger partial charge in [-0.25, -0.2) is 8.42 Å². The van der Waals surface area contributed by atoms with Gasteiger partial charge in [0, 0.05) is 12.6 Å². The summed E-state index contributed by atoms with van der Waals surface area (Å²) in [4.78, 5) is 0. The van der Waals surface area contributed by atoms with E-state index in [2.05, 4.69) is 12.2 Å². The zero-order valence-corrected chi connectivity index (χ0v) is 10.2. The number of hydrogen-bond donors (Lipinski definition) is 1. The fraction of sp³-hybridized carbons (Fsp3) is 1.00. The van der Waals surface area contributed by atoms with Crippen LogP contribution in [0.1, 0.15) is 32.6 Å². The Hall–Kier alpha value is -0.0900. The summed E-state index contributed by atoms with van der Waals surface area (Å²) in [7, 11) is -2.78. The van der Waals surface area contributed by atoms with Gasteiger partial charge in [-0.3, -0.25) is 0 Å². The standard InChI is InChI=1S/C11H21NO2S/c1-9(11-4-5-11)12-6-7-15(13,14)8-10-2-3-10/h9-12H,2-8H2,1H3. The van der Waals surface area contributed by atoms with Gasteiger partial charge in [0.05, 0.1) is 11.5 Å². The predicted molar refractivity (Wildman–Crippen MR) is 61.6 cm³/mol. The van der Waals surface area contributed by atoms with Gasteiger partial charge in [-0.15, -0.1) is 0 Å². The smallest absolute Gasteiger partial charge is 0.151 e. The first kappa shape index (κ1) is 11.4. The lowest BCUT2D eigenvalue weighted by Gasteiger charge is -2.12. The molecule has 0 spiro atoms. The number of nitrogens with one attached hydrogen (secondary N) is 1. The van der Waals surface area contributed by atoms with E-state index in [0.29, 0.717) is 30.0 Å². The molecule has 0 aromatic heterocycles. The first-order valence-corrected chi connectivity index (χ1v) is 7.83. The molecule has 0 radical (unpaired) electrons. The molecule has 2 fully saturated rings. The summed E-state index contributed by atoms with van der Waals surface area (Å²) < 4.78 is 23.2. The SMILES string of the molecule is CC(NCCS(=O)(=O)CC1CC1)C1CC1. The minimum Gasteiger partial charge on any atom is -0.313 e. The van der Waals surface area contributed by atoms with Crippen LogP contribution in [-0.2, 0) is 9.84 Å². The quantitative estimate of drug-likeness (QED) is 0.716. The van der Waals surface area contributed by atoms with E-state index < -0.39 is 9.84 Å². The molecule has 0 aromatic carbocycles. The molecule has 2 rings (SSSR count). The van der Waals surface area contributed by atoms with Gasteiger partial charge < -0.3 is 5.32 Å². The third kappa shape index (κ3) is 4.11. The average molecular weight is 231 g/mol. The first-order valence-electron chi connectivity index (χ1n) is 6.00. The minimum absolute atomic E-state index is 0.320. The lowest BCUT2D eigenvalue weighted by atomic mass is 10.2. The molecule has 0 aliphatic heterocycles. The Labute approximate surface area is 92.6 Å². The Balaban J connectivity index is 1.62. The molecule has 1 N–H and O–H groups in total. The second-order valence-corrected chi connectivity index (χ2v) is 7.37. The van der Waals surface area contributed by atoms with Gasteiger partial charge in [-0.1, -0.05) is 0 Å². The topological polar surface area (TPSA) is 46.2 Å². The lowest BCUT2D eigenvalue weighted by Crippen LogP contribution is -2.33. The number of rotatable bonds is 7. The predicted octanol–water partition coefficient (Wildman–Crippen LogP) is 1.20. The second kappa shape index (κ2) is 4.42. The highest BCUT2D eigenvalue weighted by molar-refractivity contribution is 7.91. The van der Waals surface area contributed by atoms with E-state index in [1.165, 1.54) is 12.8 Å². The molecule has 0 heterocycles. The molecule has 0 bridgehead atoms. The fourth-order valence-corrected chi connectivity index (χ4v) is 3.58. The molecule has 1 atom stereocenters. The van der Waals surface area contributed by atoms with Crippen molar-refractivity contribution in [3.63, 3.8) is 0 Å². The second-order valence-electron chi connectivity index (χ2n) is 5.14. The Bertz CT molecular complexity index is 305. The van der Waals surface area contributed by atoms with Crippen molar-refractivity contribution in [3.8, 4) is 0 Å². The maximum Gasteiger partial charge on any atom is 0.151 e. The molecule has 2 saturated carbocycles. The monoisotopic (exact) mass is 231 g/mol. The van der Waals surface area contributed by atoms with E-state index in [4.69, 9.17) is 0 Å². The van der Waals surface area contributed by atoms with Gasteiger partial charge in [0.15, 0.2) is 9.84 Å². The Morgan fingerprint density at radius 3 is 2.47 bits per heavy atom. The molecule has 4 heteroatoms. The molecule has 15 heavy (non-hydrogen) atoms. The van der Waals surface area contributed by atoms with E-state index >= 15 is 0 Å². The minimum atomic E-state index is -2.78. The number of sulfone groups is 1. The van der Waals surface area contributed by atoms with Gasteiger partial charge in [0.2, 0.25) is 0 Å². The molecule has 2 aliphatic rings. The van der Waals surface area contributed by atoms with Crippen LogP contribution < -0.4 is 5.32 Å². The van der Waals surface area contributed by atoms with Crippen molar-refractivity contribution < 1.29 is 8.42 Å². The normalized spacial score (nSPS) is 24.1. The molecule has 0 amide bonds. The lowest BCUT2D eigenvalue weighted by molar-refractivity contribution is 0.509. The number of hydrogen-bond acceptors (Lipinski definition) is 3. The largest absolute Gasteiger partial charge is 0.313 e. The van der Waals surface area contributed by atoms with Gasteiger partial charge in [0.1, 0.15) is 0 Å². The zero-order chi connectivity index (χ0) is 10.9. The molecule has 88 valence electrons. The highest BCUT2D eigenvalue weighted by Crippen LogP contribution is 2.32. The molecule has 0 saturated heterocycles. The van der Waals surface area contributed by atoms with Gasteiger partial charge >= 0.3 is 0 Å². The Morgan fingerprint density at radius 2 is 1.93 bits per heavy atom. The van der Waals surface area contributed by atoms with Crippen molar-refractivity contribution in [2.75, 3.05) is 18.1 Å². The third-order valence-corrected chi connectivity index (χ3v) is 5.20. The molecule has 1 unspecified atom stereocenters. The average Bonchev–Trinajstić information content (AvgIpc) is 2.97. The summed E-state index contributed by atoms with van der Waals surface area (Å²) in [6.45, 7) is 2.79. The summed E-state index contributed by atoms with van der Waals surface area (Å²) in [6.07, 6.45) is 4.85. The summed E-state index contributed by atoms with van der Waals surface area (Å²) in [5.74, 6) is 2.03. The van der Waals surface area contributed by atoms with Crippen LogP contribution in [0.15, 0.2) is 0 Å². The van der Waals surface area contributed by atoms with E-state index in [0.717, 1.165) is 18.8 Å². The van der Waals surface area contributed by atoms with Crippen LogP contribution in [0, 0.1) is 11.8 Å². The van der Waals surface area contributed by atoms with Crippen molar-refractivity contribution in [1.82, 2.24) is 5.32 Å². The van der Waals surface area contributed by atoms with Gasteiger partial charge in [-0.05, 0) is 44.4 Å². The first-order chi connectivity index (χ1) is 7.07. The van der Waals surface area contributed by atoms with Crippen LogP contribution in [-0.4, -0.2) is 32.5 Å². The molecular formula is C11H21NO2S. The van der Waals surface area contributed by atoms with Gasteiger partial charge in [-0.2, -0.15) is 0 Å². The van der Waals surface area contributed by atoms with E-state index in [-0.39, 0.29) is 0 Å². The van der Waals surface area contributed by atoms with E-state index in [1.54, 1.807) is 0 Å². The van der Waals surface area contributed by atoms with Crippen LogP contribution in [0.4, 0.5) is 0 Å². The van der Waals surface area contributed by atoms with Crippen molar-refractivity contribution >= 4 is 9.84 Å². The Kier molecular flexibility index (Phi) is 3.36. The third-order valence-electron chi connectivity index (χ3n) is 3.40. The van der Waals surface area contributed by atoms with E-state index in [1.807, 2.05) is 0 Å². The summed E-state index contributed by atoms with van der Waals surface area (Å²) in [5, 5.41) is 3.32.